The smallest absolute Gasteiger partial charge is 0.396 e. The second kappa shape index (κ2) is 9.69. The Morgan fingerprint density at radius 2 is 1.71 bits per heavy atom. The maximum Gasteiger partial charge on any atom is 0.417 e. The summed E-state index contributed by atoms with van der Waals surface area (Å²) in [6.07, 6.45) is -4.07. The zero-order chi connectivity index (χ0) is 25.2. The Kier molecular flexibility index (Phi) is 7.12. The average Bonchev–Trinajstić information content (AvgIpc) is 2.74. The number of imide groups is 1. The summed E-state index contributed by atoms with van der Waals surface area (Å²) in [6, 6.07) is 5.09. The number of alkyl halides is 3. The summed E-state index contributed by atoms with van der Waals surface area (Å²) >= 11 is 11.9. The van der Waals surface area contributed by atoms with Gasteiger partial charge in [-0.3, -0.25) is 10.1 Å². The first kappa shape index (κ1) is 25.0. The van der Waals surface area contributed by atoms with Crippen LogP contribution in [0.5, 0.6) is 0 Å². The Balaban J connectivity index is 1.75. The van der Waals surface area contributed by atoms with E-state index in [1.807, 2.05) is 0 Å². The van der Waals surface area contributed by atoms with E-state index in [2.05, 4.69) is 15.6 Å². The van der Waals surface area contributed by atoms with Crippen LogP contribution in [0.4, 0.5) is 49.6 Å². The van der Waals surface area contributed by atoms with Gasteiger partial charge in [0.2, 0.25) is 0 Å². The summed E-state index contributed by atoms with van der Waals surface area (Å²) < 4.78 is 66.1. The van der Waals surface area contributed by atoms with Crippen molar-refractivity contribution in [2.75, 3.05) is 16.4 Å². The Morgan fingerprint density at radius 1 is 1.00 bits per heavy atom. The summed E-state index contributed by atoms with van der Waals surface area (Å²) in [5, 5.41) is 6.36. The predicted octanol–water partition coefficient (Wildman–Crippen LogP) is 5.97. The minimum absolute atomic E-state index is 0.0498. The van der Waals surface area contributed by atoms with Gasteiger partial charge in [0.1, 0.15) is 17.2 Å². The molecule has 7 nitrogen and oxygen atoms in total. The number of halogens is 7. The molecule has 0 saturated carbocycles. The lowest BCUT2D eigenvalue weighted by Crippen LogP contribution is -2.35. The number of urea groups is 1. The van der Waals surface area contributed by atoms with Gasteiger partial charge >= 0.3 is 12.2 Å². The van der Waals surface area contributed by atoms with E-state index in [1.165, 1.54) is 18.2 Å². The van der Waals surface area contributed by atoms with Crippen molar-refractivity contribution >= 4 is 58.0 Å². The third kappa shape index (κ3) is 5.64. The standard InChI is InChI=1S/C20H12Cl2F5N5O2/c21-10-2-1-9(6-14(10)31-17-11(22)5-8(7-29-17)20(25,26)27)30-19(34)32-18(33)15-12(23)3-4-13(28)16(15)24/h1-7H,28H2,(H,29,31)(H2,30,32,33,34). The second-order valence-electron chi connectivity index (χ2n) is 6.61. The normalized spacial score (nSPS) is 11.1. The quantitative estimate of drug-likeness (QED) is 0.250. The number of nitrogens with zero attached hydrogens (tertiary/aromatic N) is 1. The van der Waals surface area contributed by atoms with Gasteiger partial charge < -0.3 is 16.4 Å². The van der Waals surface area contributed by atoms with Crippen molar-refractivity contribution in [3.05, 3.63) is 75.4 Å². The lowest BCUT2D eigenvalue weighted by molar-refractivity contribution is -0.137. The van der Waals surface area contributed by atoms with Crippen molar-refractivity contribution in [1.29, 1.82) is 0 Å². The third-order valence-electron chi connectivity index (χ3n) is 4.22. The molecule has 2 aromatic carbocycles. The number of nitrogens with two attached hydrogens (primary N) is 1. The number of nitrogens with one attached hydrogen (secondary N) is 3. The largest absolute Gasteiger partial charge is 0.417 e. The molecule has 0 unspecified atom stereocenters. The molecule has 0 aliphatic heterocycles. The number of hydrogen-bond donors (Lipinski definition) is 4. The van der Waals surface area contributed by atoms with Gasteiger partial charge in [-0.15, -0.1) is 0 Å². The SMILES string of the molecule is Nc1ccc(F)c(C(=O)NC(=O)Nc2ccc(Cl)c(Nc3ncc(C(F)(F)F)cc3Cl)c2)c1F. The van der Waals surface area contributed by atoms with Crippen LogP contribution in [0.1, 0.15) is 15.9 Å². The number of hydrogen-bond acceptors (Lipinski definition) is 5. The van der Waals surface area contributed by atoms with Crippen LogP contribution in [-0.4, -0.2) is 16.9 Å². The Hall–Kier alpha value is -3.64. The molecule has 1 aromatic heterocycles. The number of aromatic nitrogens is 1. The van der Waals surface area contributed by atoms with Gasteiger partial charge in [-0.25, -0.2) is 18.6 Å². The first-order chi connectivity index (χ1) is 15.9. The van der Waals surface area contributed by atoms with Crippen LogP contribution in [0, 0.1) is 11.6 Å². The number of benzene rings is 2. The van der Waals surface area contributed by atoms with Crippen LogP contribution in [0.15, 0.2) is 42.6 Å². The minimum atomic E-state index is -4.64. The maximum atomic E-state index is 14.0. The topological polar surface area (TPSA) is 109 Å². The molecule has 34 heavy (non-hydrogen) atoms. The van der Waals surface area contributed by atoms with E-state index in [4.69, 9.17) is 28.9 Å². The molecule has 0 radical (unpaired) electrons. The molecule has 0 aliphatic rings. The van der Waals surface area contributed by atoms with Crippen LogP contribution in [0.25, 0.3) is 0 Å². The molecule has 3 rings (SSSR count). The lowest BCUT2D eigenvalue weighted by Gasteiger charge is -2.13. The Morgan fingerprint density at radius 3 is 2.35 bits per heavy atom. The molecule has 0 aliphatic carbocycles. The molecule has 14 heteroatoms. The van der Waals surface area contributed by atoms with Crippen LogP contribution in [-0.2, 0) is 6.18 Å². The first-order valence-corrected chi connectivity index (χ1v) is 9.77. The number of anilines is 4. The van der Waals surface area contributed by atoms with Gasteiger partial charge in [0, 0.05) is 11.9 Å². The van der Waals surface area contributed by atoms with Gasteiger partial charge in [-0.1, -0.05) is 23.2 Å². The monoisotopic (exact) mass is 519 g/mol. The number of rotatable bonds is 4. The highest BCUT2D eigenvalue weighted by molar-refractivity contribution is 6.34. The zero-order valence-corrected chi connectivity index (χ0v) is 18.0. The van der Waals surface area contributed by atoms with E-state index in [-0.39, 0.29) is 27.2 Å². The lowest BCUT2D eigenvalue weighted by atomic mass is 10.1. The van der Waals surface area contributed by atoms with E-state index in [0.29, 0.717) is 12.3 Å². The van der Waals surface area contributed by atoms with E-state index < -0.39 is 46.6 Å². The molecular formula is C20H12Cl2F5N5O2. The van der Waals surface area contributed by atoms with Crippen molar-refractivity contribution in [2.24, 2.45) is 0 Å². The molecule has 5 N–H and O–H groups in total. The van der Waals surface area contributed by atoms with E-state index >= 15 is 0 Å². The fraction of sp³-hybridized carbons (Fsp3) is 0.0500. The van der Waals surface area contributed by atoms with Crippen LogP contribution < -0.4 is 21.7 Å². The maximum absolute atomic E-state index is 14.0. The number of pyridine rings is 1. The van der Waals surface area contributed by atoms with E-state index in [9.17, 15) is 31.5 Å². The molecule has 3 aromatic rings. The van der Waals surface area contributed by atoms with Crippen LogP contribution in [0.2, 0.25) is 10.0 Å². The van der Waals surface area contributed by atoms with Gasteiger partial charge in [-0.2, -0.15) is 13.2 Å². The third-order valence-corrected chi connectivity index (χ3v) is 4.84. The highest BCUT2D eigenvalue weighted by atomic mass is 35.5. The van der Waals surface area contributed by atoms with Crippen molar-refractivity contribution in [2.45, 2.75) is 6.18 Å². The van der Waals surface area contributed by atoms with Gasteiger partial charge in [0.15, 0.2) is 5.82 Å². The number of carbonyl (C=O) groups excluding carboxylic acids is 2. The molecule has 0 bridgehead atoms. The molecular weight excluding hydrogens is 508 g/mol. The number of nitrogen functional groups attached to an aromatic ring is 1. The Bertz CT molecular complexity index is 1290. The van der Waals surface area contributed by atoms with E-state index in [1.54, 1.807) is 5.32 Å². The average molecular weight is 520 g/mol. The summed E-state index contributed by atoms with van der Waals surface area (Å²) in [7, 11) is 0. The highest BCUT2D eigenvalue weighted by Gasteiger charge is 2.31. The first-order valence-electron chi connectivity index (χ1n) is 9.02. The number of amides is 3. The molecule has 0 spiro atoms. The van der Waals surface area contributed by atoms with Gasteiger partial charge in [-0.05, 0) is 36.4 Å². The Labute approximate surface area is 198 Å². The number of carbonyl (C=O) groups is 2. The summed E-state index contributed by atoms with van der Waals surface area (Å²) in [6.45, 7) is 0. The zero-order valence-electron chi connectivity index (χ0n) is 16.5. The van der Waals surface area contributed by atoms with E-state index in [0.717, 1.165) is 12.1 Å². The fourth-order valence-corrected chi connectivity index (χ4v) is 2.99. The molecule has 1 heterocycles. The molecule has 178 valence electrons. The van der Waals surface area contributed by atoms with Crippen molar-refractivity contribution in [3.8, 4) is 0 Å². The molecule has 0 saturated heterocycles. The summed E-state index contributed by atoms with van der Waals surface area (Å²) in [5.41, 5.74) is 2.85. The summed E-state index contributed by atoms with van der Waals surface area (Å²) in [5.74, 6) is -4.09. The van der Waals surface area contributed by atoms with Crippen molar-refractivity contribution in [1.82, 2.24) is 10.3 Å². The minimum Gasteiger partial charge on any atom is -0.396 e. The highest BCUT2D eigenvalue weighted by Crippen LogP contribution is 2.35. The van der Waals surface area contributed by atoms with Crippen molar-refractivity contribution in [3.63, 3.8) is 0 Å². The molecule has 3 amide bonds. The van der Waals surface area contributed by atoms with Gasteiger partial charge in [0.25, 0.3) is 5.91 Å². The van der Waals surface area contributed by atoms with Crippen LogP contribution >= 0.6 is 23.2 Å². The summed E-state index contributed by atoms with van der Waals surface area (Å²) in [4.78, 5) is 27.8. The van der Waals surface area contributed by atoms with Crippen LogP contribution in [0.3, 0.4) is 0 Å². The molecule has 0 atom stereocenters. The van der Waals surface area contributed by atoms with Crippen molar-refractivity contribution < 1.29 is 31.5 Å². The van der Waals surface area contributed by atoms with Gasteiger partial charge in [0.05, 0.1) is 27.0 Å². The second-order valence-corrected chi connectivity index (χ2v) is 7.42. The predicted molar refractivity (Wildman–Crippen MR) is 116 cm³/mol. The molecule has 0 fully saturated rings. The fourth-order valence-electron chi connectivity index (χ4n) is 2.62.